The number of piperidine rings is 1. The summed E-state index contributed by atoms with van der Waals surface area (Å²) in [6.45, 7) is 7.91. The van der Waals surface area contributed by atoms with Crippen LogP contribution in [0.5, 0.6) is 0 Å². The molecule has 2 rings (SSSR count). The van der Waals surface area contributed by atoms with Gasteiger partial charge in [0.05, 0.1) is 6.10 Å². The van der Waals surface area contributed by atoms with Crippen molar-refractivity contribution >= 4 is 0 Å². The van der Waals surface area contributed by atoms with Gasteiger partial charge in [0.2, 0.25) is 0 Å². The molecular formula is C14H27NO. The van der Waals surface area contributed by atoms with Gasteiger partial charge in [0.25, 0.3) is 0 Å². The average molecular weight is 225 g/mol. The number of rotatable bonds is 2. The van der Waals surface area contributed by atoms with Crippen molar-refractivity contribution in [3.63, 3.8) is 0 Å². The van der Waals surface area contributed by atoms with Crippen LogP contribution < -0.4 is 0 Å². The van der Waals surface area contributed by atoms with E-state index >= 15 is 0 Å². The molecule has 1 saturated carbocycles. The summed E-state index contributed by atoms with van der Waals surface area (Å²) >= 11 is 0. The summed E-state index contributed by atoms with van der Waals surface area (Å²) in [4.78, 5) is 2.61. The Labute approximate surface area is 100 Å². The first-order valence-electron chi connectivity index (χ1n) is 7.00. The van der Waals surface area contributed by atoms with Crippen LogP contribution in [-0.2, 0) is 0 Å². The van der Waals surface area contributed by atoms with Crippen LogP contribution in [-0.4, -0.2) is 34.7 Å². The molecule has 0 aromatic rings. The molecule has 3 atom stereocenters. The van der Waals surface area contributed by atoms with E-state index in [1.165, 1.54) is 45.1 Å². The van der Waals surface area contributed by atoms with E-state index in [1.54, 1.807) is 0 Å². The number of nitrogens with zero attached hydrogens (tertiary/aromatic N) is 1. The lowest BCUT2D eigenvalue weighted by atomic mass is 9.87. The molecule has 2 heteroatoms. The van der Waals surface area contributed by atoms with Crippen LogP contribution in [0.3, 0.4) is 0 Å². The molecule has 0 aromatic heterocycles. The van der Waals surface area contributed by atoms with Gasteiger partial charge in [-0.05, 0) is 44.1 Å². The molecule has 2 aliphatic rings. The summed E-state index contributed by atoms with van der Waals surface area (Å²) in [7, 11) is 0. The molecule has 0 spiro atoms. The molecule has 1 saturated heterocycles. The quantitative estimate of drug-likeness (QED) is 0.781. The van der Waals surface area contributed by atoms with E-state index < -0.39 is 0 Å². The zero-order chi connectivity index (χ0) is 11.8. The van der Waals surface area contributed by atoms with Gasteiger partial charge in [-0.3, -0.25) is 4.90 Å². The van der Waals surface area contributed by atoms with Crippen molar-refractivity contribution in [3.05, 3.63) is 0 Å². The molecule has 16 heavy (non-hydrogen) atoms. The Kier molecular flexibility index (Phi) is 3.60. The highest BCUT2D eigenvalue weighted by atomic mass is 16.3. The van der Waals surface area contributed by atoms with Crippen LogP contribution in [0.25, 0.3) is 0 Å². The van der Waals surface area contributed by atoms with Crippen molar-refractivity contribution in [2.45, 2.75) is 77.5 Å². The monoisotopic (exact) mass is 225 g/mol. The van der Waals surface area contributed by atoms with E-state index in [0.29, 0.717) is 6.04 Å². The Balaban J connectivity index is 2.06. The minimum absolute atomic E-state index is 0.125. The third-order valence-corrected chi connectivity index (χ3v) is 4.82. The fourth-order valence-electron chi connectivity index (χ4n) is 3.59. The summed E-state index contributed by atoms with van der Waals surface area (Å²) < 4.78 is 0. The number of hydrogen-bond donors (Lipinski definition) is 1. The van der Waals surface area contributed by atoms with Crippen molar-refractivity contribution in [1.82, 2.24) is 4.90 Å². The van der Waals surface area contributed by atoms with Gasteiger partial charge in [0, 0.05) is 12.1 Å². The van der Waals surface area contributed by atoms with Crippen molar-refractivity contribution < 1.29 is 5.11 Å². The van der Waals surface area contributed by atoms with Gasteiger partial charge >= 0.3 is 0 Å². The summed E-state index contributed by atoms with van der Waals surface area (Å²) in [5.41, 5.74) is 0.125. The predicted molar refractivity (Wildman–Crippen MR) is 67.4 cm³/mol. The second kappa shape index (κ2) is 4.66. The van der Waals surface area contributed by atoms with E-state index in [9.17, 15) is 5.11 Å². The molecule has 1 heterocycles. The van der Waals surface area contributed by atoms with Gasteiger partial charge < -0.3 is 5.11 Å². The fraction of sp³-hybridized carbons (Fsp3) is 1.00. The van der Waals surface area contributed by atoms with Crippen LogP contribution in [0.2, 0.25) is 0 Å². The Morgan fingerprint density at radius 1 is 1.25 bits per heavy atom. The SMILES string of the molecule is CCC1CCCCN1C1CCC(C)(C)C1O. The lowest BCUT2D eigenvalue weighted by Gasteiger charge is -2.42. The Morgan fingerprint density at radius 3 is 2.56 bits per heavy atom. The zero-order valence-corrected chi connectivity index (χ0v) is 11.1. The molecule has 2 fully saturated rings. The Bertz CT molecular complexity index is 239. The molecule has 0 radical (unpaired) electrons. The predicted octanol–water partition coefficient (Wildman–Crippen LogP) is 2.80. The second-order valence-corrected chi connectivity index (χ2v) is 6.34. The van der Waals surface area contributed by atoms with E-state index in [-0.39, 0.29) is 11.5 Å². The topological polar surface area (TPSA) is 23.5 Å². The Hall–Kier alpha value is -0.0800. The number of hydrogen-bond acceptors (Lipinski definition) is 2. The molecule has 1 aliphatic heterocycles. The summed E-state index contributed by atoms with van der Waals surface area (Å²) in [6, 6.07) is 1.16. The van der Waals surface area contributed by atoms with Crippen LogP contribution in [0.4, 0.5) is 0 Å². The maximum Gasteiger partial charge on any atom is 0.0746 e. The van der Waals surface area contributed by atoms with Crippen molar-refractivity contribution in [2.24, 2.45) is 5.41 Å². The second-order valence-electron chi connectivity index (χ2n) is 6.34. The van der Waals surface area contributed by atoms with Crippen LogP contribution in [0.15, 0.2) is 0 Å². The highest BCUT2D eigenvalue weighted by molar-refractivity contribution is 4.98. The van der Waals surface area contributed by atoms with E-state index in [0.717, 1.165) is 6.04 Å². The molecule has 94 valence electrons. The first kappa shape index (κ1) is 12.4. The lowest BCUT2D eigenvalue weighted by molar-refractivity contribution is -0.0131. The van der Waals surface area contributed by atoms with E-state index in [1.807, 2.05) is 0 Å². The van der Waals surface area contributed by atoms with Gasteiger partial charge in [-0.15, -0.1) is 0 Å². The third kappa shape index (κ3) is 2.14. The van der Waals surface area contributed by atoms with Crippen molar-refractivity contribution in [1.29, 1.82) is 0 Å². The largest absolute Gasteiger partial charge is 0.391 e. The molecule has 1 N–H and O–H groups in total. The van der Waals surface area contributed by atoms with Crippen LogP contribution in [0, 0.1) is 5.41 Å². The maximum absolute atomic E-state index is 10.4. The van der Waals surface area contributed by atoms with Gasteiger partial charge in [-0.2, -0.15) is 0 Å². The molecule has 2 nitrogen and oxygen atoms in total. The maximum atomic E-state index is 10.4. The van der Waals surface area contributed by atoms with Gasteiger partial charge in [-0.1, -0.05) is 27.2 Å². The third-order valence-electron chi connectivity index (χ3n) is 4.82. The molecule has 1 aliphatic carbocycles. The van der Waals surface area contributed by atoms with Gasteiger partial charge in [0.1, 0.15) is 0 Å². The summed E-state index contributed by atoms with van der Waals surface area (Å²) in [6.07, 6.45) is 7.50. The number of aliphatic hydroxyl groups is 1. The molecular weight excluding hydrogens is 198 g/mol. The number of likely N-dealkylation sites (tertiary alicyclic amines) is 1. The standard InChI is InChI=1S/C14H27NO/c1-4-11-7-5-6-10-15(11)12-8-9-14(2,3)13(12)16/h11-13,16H,4-10H2,1-3H3. The Morgan fingerprint density at radius 2 is 2.00 bits per heavy atom. The minimum Gasteiger partial charge on any atom is -0.391 e. The first-order valence-corrected chi connectivity index (χ1v) is 7.00. The minimum atomic E-state index is -0.125. The smallest absolute Gasteiger partial charge is 0.0746 e. The average Bonchev–Trinajstić information content (AvgIpc) is 2.54. The number of aliphatic hydroxyl groups excluding tert-OH is 1. The molecule has 3 unspecified atom stereocenters. The van der Waals surface area contributed by atoms with Gasteiger partial charge in [0.15, 0.2) is 0 Å². The van der Waals surface area contributed by atoms with Crippen molar-refractivity contribution in [3.8, 4) is 0 Å². The van der Waals surface area contributed by atoms with E-state index in [2.05, 4.69) is 25.7 Å². The highest BCUT2D eigenvalue weighted by Crippen LogP contribution is 2.41. The molecule has 0 bridgehead atoms. The van der Waals surface area contributed by atoms with Crippen LogP contribution >= 0.6 is 0 Å². The van der Waals surface area contributed by atoms with Crippen LogP contribution in [0.1, 0.15) is 59.3 Å². The van der Waals surface area contributed by atoms with Crippen molar-refractivity contribution in [2.75, 3.05) is 6.54 Å². The lowest BCUT2D eigenvalue weighted by Crippen LogP contribution is -2.51. The first-order chi connectivity index (χ1) is 7.56. The van der Waals surface area contributed by atoms with E-state index in [4.69, 9.17) is 0 Å². The normalized spacial score (nSPS) is 40.1. The van der Waals surface area contributed by atoms with Gasteiger partial charge in [-0.25, -0.2) is 0 Å². The molecule has 0 amide bonds. The summed E-state index contributed by atoms with van der Waals surface area (Å²) in [5, 5.41) is 10.4. The fourth-order valence-corrected chi connectivity index (χ4v) is 3.59. The highest BCUT2D eigenvalue weighted by Gasteiger charge is 2.44. The summed E-state index contributed by atoms with van der Waals surface area (Å²) in [5.74, 6) is 0. The molecule has 0 aromatic carbocycles. The zero-order valence-electron chi connectivity index (χ0n) is 11.1.